The van der Waals surface area contributed by atoms with Crippen LogP contribution in [0.4, 0.5) is 0 Å². The highest BCUT2D eigenvalue weighted by molar-refractivity contribution is 5.76. The quantitative estimate of drug-likeness (QED) is 0.478. The Morgan fingerprint density at radius 2 is 2.17 bits per heavy atom. The molecule has 0 aromatic carbocycles. The summed E-state index contributed by atoms with van der Waals surface area (Å²) in [5, 5.41) is 0. The summed E-state index contributed by atoms with van der Waals surface area (Å²) in [5.74, 6) is 0.183. The Morgan fingerprint density at radius 3 is 2.58 bits per heavy atom. The van der Waals surface area contributed by atoms with Gasteiger partial charge in [-0.3, -0.25) is 4.79 Å². The van der Waals surface area contributed by atoms with E-state index in [1.165, 1.54) is 0 Å². The molecule has 0 aromatic heterocycles. The molecule has 1 saturated carbocycles. The predicted octanol–water partition coefficient (Wildman–Crippen LogP) is 2.38. The fourth-order valence-electron chi connectivity index (χ4n) is 1.29. The van der Waals surface area contributed by atoms with E-state index in [9.17, 15) is 4.79 Å². The number of carbonyl (C=O) groups is 1. The smallest absolute Gasteiger partial charge is 0.309 e. The lowest BCUT2D eigenvalue weighted by molar-refractivity contribution is -0.146. The Bertz CT molecular complexity index is 173. The first kappa shape index (κ1) is 9.56. The van der Waals surface area contributed by atoms with Gasteiger partial charge in [0, 0.05) is 0 Å². The SMILES string of the molecule is CCCCOC(=O)C1CC1(C)C. The van der Waals surface area contributed by atoms with E-state index in [0.29, 0.717) is 6.61 Å². The number of carbonyl (C=O) groups excluding carboxylic acids is 1. The summed E-state index contributed by atoms with van der Waals surface area (Å²) in [4.78, 5) is 11.3. The van der Waals surface area contributed by atoms with Crippen molar-refractivity contribution in [3.8, 4) is 0 Å². The molecule has 1 aliphatic carbocycles. The number of hydrogen-bond donors (Lipinski definition) is 0. The molecule has 0 aliphatic heterocycles. The molecule has 0 amide bonds. The van der Waals surface area contributed by atoms with E-state index in [4.69, 9.17) is 4.74 Å². The molecule has 0 spiro atoms. The van der Waals surface area contributed by atoms with Gasteiger partial charge in [-0.25, -0.2) is 0 Å². The van der Waals surface area contributed by atoms with Crippen molar-refractivity contribution in [1.82, 2.24) is 0 Å². The lowest BCUT2D eigenvalue weighted by atomic mass is 10.1. The Balaban J connectivity index is 2.14. The maximum atomic E-state index is 11.3. The third kappa shape index (κ3) is 2.23. The summed E-state index contributed by atoms with van der Waals surface area (Å²) in [5.41, 5.74) is 0.212. The summed E-state index contributed by atoms with van der Waals surface area (Å²) in [7, 11) is 0. The van der Waals surface area contributed by atoms with Gasteiger partial charge in [0.2, 0.25) is 0 Å². The van der Waals surface area contributed by atoms with Gasteiger partial charge >= 0.3 is 5.97 Å². The van der Waals surface area contributed by atoms with Gasteiger partial charge in [-0.2, -0.15) is 0 Å². The molecule has 1 fully saturated rings. The van der Waals surface area contributed by atoms with Crippen molar-refractivity contribution in [1.29, 1.82) is 0 Å². The highest BCUT2D eigenvalue weighted by Crippen LogP contribution is 2.52. The molecule has 0 aromatic rings. The van der Waals surface area contributed by atoms with Crippen LogP contribution in [-0.2, 0) is 9.53 Å². The minimum absolute atomic E-state index is 0.00782. The van der Waals surface area contributed by atoms with E-state index in [-0.39, 0.29) is 17.3 Å². The zero-order valence-electron chi connectivity index (χ0n) is 8.22. The molecule has 1 unspecified atom stereocenters. The topological polar surface area (TPSA) is 26.3 Å². The van der Waals surface area contributed by atoms with Gasteiger partial charge in [0.1, 0.15) is 0 Å². The fraction of sp³-hybridized carbons (Fsp3) is 0.900. The molecular formula is C10H18O2. The van der Waals surface area contributed by atoms with Crippen LogP contribution in [0, 0.1) is 11.3 Å². The monoisotopic (exact) mass is 170 g/mol. The van der Waals surface area contributed by atoms with Crippen LogP contribution < -0.4 is 0 Å². The molecule has 12 heavy (non-hydrogen) atoms. The number of esters is 1. The molecule has 2 nitrogen and oxygen atoms in total. The second kappa shape index (κ2) is 3.46. The summed E-state index contributed by atoms with van der Waals surface area (Å²) < 4.78 is 5.10. The first-order valence-electron chi connectivity index (χ1n) is 4.74. The first-order chi connectivity index (χ1) is 5.58. The van der Waals surface area contributed by atoms with Crippen LogP contribution >= 0.6 is 0 Å². The Kier molecular flexibility index (Phi) is 2.76. The van der Waals surface area contributed by atoms with E-state index in [0.717, 1.165) is 19.3 Å². The molecule has 0 heterocycles. The molecule has 0 N–H and O–H groups in total. The van der Waals surface area contributed by atoms with E-state index in [1.54, 1.807) is 0 Å². The summed E-state index contributed by atoms with van der Waals surface area (Å²) in [6.45, 7) is 6.91. The predicted molar refractivity (Wildman–Crippen MR) is 47.8 cm³/mol. The molecule has 0 radical (unpaired) electrons. The Morgan fingerprint density at radius 1 is 1.58 bits per heavy atom. The van der Waals surface area contributed by atoms with Crippen LogP contribution in [0.25, 0.3) is 0 Å². The van der Waals surface area contributed by atoms with Crippen LogP contribution in [0.3, 0.4) is 0 Å². The van der Waals surface area contributed by atoms with E-state index < -0.39 is 0 Å². The standard InChI is InChI=1S/C10H18O2/c1-4-5-6-12-9(11)8-7-10(8,2)3/h8H,4-7H2,1-3H3. The molecule has 1 aliphatic rings. The Labute approximate surface area is 74.3 Å². The minimum atomic E-state index is 0.00782. The van der Waals surface area contributed by atoms with Gasteiger partial charge in [0.25, 0.3) is 0 Å². The lowest BCUT2D eigenvalue weighted by Gasteiger charge is -2.04. The highest BCUT2D eigenvalue weighted by atomic mass is 16.5. The van der Waals surface area contributed by atoms with Gasteiger partial charge in [-0.15, -0.1) is 0 Å². The van der Waals surface area contributed by atoms with Crippen molar-refractivity contribution in [2.75, 3.05) is 6.61 Å². The van der Waals surface area contributed by atoms with Gasteiger partial charge in [-0.05, 0) is 18.3 Å². The van der Waals surface area contributed by atoms with Crippen LogP contribution in [-0.4, -0.2) is 12.6 Å². The van der Waals surface area contributed by atoms with Crippen molar-refractivity contribution >= 4 is 5.97 Å². The van der Waals surface area contributed by atoms with Crippen LogP contribution in [0.15, 0.2) is 0 Å². The van der Waals surface area contributed by atoms with E-state index in [2.05, 4.69) is 20.8 Å². The zero-order chi connectivity index (χ0) is 9.19. The largest absolute Gasteiger partial charge is 0.465 e. The van der Waals surface area contributed by atoms with Crippen molar-refractivity contribution in [2.24, 2.45) is 11.3 Å². The normalized spacial score (nSPS) is 25.1. The molecule has 0 bridgehead atoms. The summed E-state index contributed by atoms with van der Waals surface area (Å²) in [6.07, 6.45) is 3.07. The number of unbranched alkanes of at least 4 members (excludes halogenated alkanes) is 1. The lowest BCUT2D eigenvalue weighted by Crippen LogP contribution is -2.11. The molecule has 0 saturated heterocycles. The van der Waals surface area contributed by atoms with Gasteiger partial charge in [0.15, 0.2) is 0 Å². The third-order valence-electron chi connectivity index (χ3n) is 2.54. The van der Waals surface area contributed by atoms with Gasteiger partial charge in [0.05, 0.1) is 12.5 Å². The molecule has 1 rings (SSSR count). The highest BCUT2D eigenvalue weighted by Gasteiger charge is 2.51. The van der Waals surface area contributed by atoms with E-state index >= 15 is 0 Å². The average molecular weight is 170 g/mol. The number of ether oxygens (including phenoxy) is 1. The van der Waals surface area contributed by atoms with Gasteiger partial charge < -0.3 is 4.74 Å². The Hall–Kier alpha value is -0.530. The maximum Gasteiger partial charge on any atom is 0.309 e. The molecule has 2 heteroatoms. The average Bonchev–Trinajstić information content (AvgIpc) is 2.60. The second-order valence-corrected chi connectivity index (χ2v) is 4.27. The zero-order valence-corrected chi connectivity index (χ0v) is 8.22. The third-order valence-corrected chi connectivity index (χ3v) is 2.54. The molecule has 70 valence electrons. The number of rotatable bonds is 4. The van der Waals surface area contributed by atoms with Crippen molar-refractivity contribution in [2.45, 2.75) is 40.0 Å². The molecule has 1 atom stereocenters. The van der Waals surface area contributed by atoms with Crippen LogP contribution in [0.1, 0.15) is 40.0 Å². The van der Waals surface area contributed by atoms with Crippen molar-refractivity contribution < 1.29 is 9.53 Å². The minimum Gasteiger partial charge on any atom is -0.465 e. The fourth-order valence-corrected chi connectivity index (χ4v) is 1.29. The molecular weight excluding hydrogens is 152 g/mol. The van der Waals surface area contributed by atoms with Crippen molar-refractivity contribution in [3.05, 3.63) is 0 Å². The number of hydrogen-bond acceptors (Lipinski definition) is 2. The summed E-state index contributed by atoms with van der Waals surface area (Å²) >= 11 is 0. The van der Waals surface area contributed by atoms with E-state index in [1.807, 2.05) is 0 Å². The summed E-state index contributed by atoms with van der Waals surface area (Å²) in [6, 6.07) is 0. The van der Waals surface area contributed by atoms with Gasteiger partial charge in [-0.1, -0.05) is 27.2 Å². The van der Waals surface area contributed by atoms with Crippen LogP contribution in [0.5, 0.6) is 0 Å². The second-order valence-electron chi connectivity index (χ2n) is 4.27. The first-order valence-corrected chi connectivity index (χ1v) is 4.74. The maximum absolute atomic E-state index is 11.3. The van der Waals surface area contributed by atoms with Crippen LogP contribution in [0.2, 0.25) is 0 Å². The van der Waals surface area contributed by atoms with Crippen molar-refractivity contribution in [3.63, 3.8) is 0 Å².